The molecule has 1 aliphatic rings. The highest BCUT2D eigenvalue weighted by atomic mass is 16.5. The van der Waals surface area contributed by atoms with Crippen LogP contribution in [0.3, 0.4) is 0 Å². The summed E-state index contributed by atoms with van der Waals surface area (Å²) in [4.78, 5) is 2.19. The molecule has 120 valence electrons. The van der Waals surface area contributed by atoms with E-state index in [1.165, 1.54) is 12.8 Å². The van der Waals surface area contributed by atoms with Gasteiger partial charge in [0, 0.05) is 18.6 Å². The molecule has 20 heavy (non-hydrogen) atoms. The van der Waals surface area contributed by atoms with Gasteiger partial charge >= 0.3 is 0 Å². The van der Waals surface area contributed by atoms with Crippen LogP contribution in [0.15, 0.2) is 0 Å². The van der Waals surface area contributed by atoms with E-state index in [2.05, 4.69) is 45.1 Å². The molecule has 1 saturated carbocycles. The van der Waals surface area contributed by atoms with Crippen molar-refractivity contribution in [3.8, 4) is 0 Å². The average molecular weight is 286 g/mol. The smallest absolute Gasteiger partial charge is 0.0897 e. The topological polar surface area (TPSA) is 44.7 Å². The number of hydrogen-bond donors (Lipinski definition) is 2. The van der Waals surface area contributed by atoms with Crippen molar-refractivity contribution in [2.24, 2.45) is 5.92 Å². The second-order valence-corrected chi connectivity index (χ2v) is 7.22. The van der Waals surface area contributed by atoms with Gasteiger partial charge in [-0.2, -0.15) is 0 Å². The summed E-state index contributed by atoms with van der Waals surface area (Å²) in [6, 6.07) is 0. The van der Waals surface area contributed by atoms with E-state index in [9.17, 15) is 5.11 Å². The quantitative estimate of drug-likeness (QED) is 0.715. The lowest BCUT2D eigenvalue weighted by Gasteiger charge is -2.33. The number of hydrogen-bond acceptors (Lipinski definition) is 4. The standard InChI is InChI=1S/C16H34N2O2/c1-13-7-6-8-15(9-13)20-11-14(19)10-17-12-16(2,3)18(4)5/h13-15,17,19H,6-12H2,1-5H3. The minimum absolute atomic E-state index is 0.0966. The first kappa shape index (κ1) is 17.9. The van der Waals surface area contributed by atoms with E-state index < -0.39 is 6.10 Å². The Kier molecular flexibility index (Phi) is 7.45. The molecule has 0 aromatic rings. The fourth-order valence-electron chi connectivity index (χ4n) is 2.54. The average Bonchev–Trinajstić information content (AvgIpc) is 2.36. The van der Waals surface area contributed by atoms with Crippen molar-refractivity contribution < 1.29 is 9.84 Å². The van der Waals surface area contributed by atoms with Crippen LogP contribution in [-0.4, -0.2) is 61.5 Å². The van der Waals surface area contributed by atoms with Gasteiger partial charge in [0.1, 0.15) is 0 Å². The van der Waals surface area contributed by atoms with Gasteiger partial charge in [-0.25, -0.2) is 0 Å². The van der Waals surface area contributed by atoms with Crippen molar-refractivity contribution in [1.29, 1.82) is 0 Å². The third-order valence-electron chi connectivity index (χ3n) is 4.56. The Morgan fingerprint density at radius 3 is 2.65 bits per heavy atom. The summed E-state index contributed by atoms with van der Waals surface area (Å²) in [5.41, 5.74) is 0.0966. The fourth-order valence-corrected chi connectivity index (χ4v) is 2.54. The van der Waals surface area contributed by atoms with Crippen LogP contribution < -0.4 is 5.32 Å². The van der Waals surface area contributed by atoms with Crippen LogP contribution in [-0.2, 0) is 4.74 Å². The van der Waals surface area contributed by atoms with E-state index >= 15 is 0 Å². The van der Waals surface area contributed by atoms with Gasteiger partial charge in [-0.15, -0.1) is 0 Å². The summed E-state index contributed by atoms with van der Waals surface area (Å²) in [5.74, 6) is 0.768. The Labute approximate surface area is 124 Å². The SMILES string of the molecule is CC1CCCC(OCC(O)CNCC(C)(C)N(C)C)C1. The first-order valence-corrected chi connectivity index (χ1v) is 7.99. The fraction of sp³-hybridized carbons (Fsp3) is 1.00. The van der Waals surface area contributed by atoms with Crippen molar-refractivity contribution in [3.63, 3.8) is 0 Å². The number of aliphatic hydroxyl groups excluding tert-OH is 1. The second kappa shape index (κ2) is 8.32. The van der Waals surface area contributed by atoms with Crippen LogP contribution >= 0.6 is 0 Å². The van der Waals surface area contributed by atoms with Crippen molar-refractivity contribution in [3.05, 3.63) is 0 Å². The van der Waals surface area contributed by atoms with Gasteiger partial charge < -0.3 is 20.1 Å². The molecule has 2 N–H and O–H groups in total. The predicted molar refractivity (Wildman–Crippen MR) is 84.0 cm³/mol. The first-order chi connectivity index (χ1) is 9.31. The normalized spacial score (nSPS) is 25.9. The zero-order valence-corrected chi connectivity index (χ0v) is 14.0. The molecule has 1 rings (SSSR count). The van der Waals surface area contributed by atoms with Crippen LogP contribution in [0.5, 0.6) is 0 Å². The minimum atomic E-state index is -0.412. The molecular formula is C16H34N2O2. The molecule has 1 aliphatic carbocycles. The van der Waals surface area contributed by atoms with E-state index in [0.29, 0.717) is 19.3 Å². The van der Waals surface area contributed by atoms with Gasteiger partial charge in [-0.1, -0.05) is 19.8 Å². The van der Waals surface area contributed by atoms with Crippen molar-refractivity contribution in [2.75, 3.05) is 33.8 Å². The number of aliphatic hydroxyl groups is 1. The maximum absolute atomic E-state index is 9.98. The van der Waals surface area contributed by atoms with Gasteiger partial charge in [0.25, 0.3) is 0 Å². The molecule has 0 bridgehead atoms. The van der Waals surface area contributed by atoms with E-state index in [-0.39, 0.29) is 5.54 Å². The zero-order chi connectivity index (χ0) is 15.2. The van der Waals surface area contributed by atoms with Crippen LogP contribution in [0.25, 0.3) is 0 Å². The number of nitrogens with one attached hydrogen (secondary N) is 1. The van der Waals surface area contributed by atoms with Gasteiger partial charge in [-0.05, 0) is 46.7 Å². The highest BCUT2D eigenvalue weighted by molar-refractivity contribution is 4.80. The summed E-state index contributed by atoms with van der Waals surface area (Å²) < 4.78 is 5.84. The monoisotopic (exact) mass is 286 g/mol. The molecule has 3 unspecified atom stereocenters. The number of nitrogens with zero attached hydrogens (tertiary/aromatic N) is 1. The van der Waals surface area contributed by atoms with Gasteiger partial charge in [-0.3, -0.25) is 0 Å². The van der Waals surface area contributed by atoms with Crippen molar-refractivity contribution >= 4 is 0 Å². The van der Waals surface area contributed by atoms with Gasteiger partial charge in [0.15, 0.2) is 0 Å². The predicted octanol–water partition coefficient (Wildman–Crippen LogP) is 1.87. The molecule has 0 heterocycles. The molecule has 1 fully saturated rings. The van der Waals surface area contributed by atoms with Crippen LogP contribution in [0, 0.1) is 5.92 Å². The number of likely N-dealkylation sites (N-methyl/N-ethyl adjacent to an activating group) is 1. The molecule has 0 aliphatic heterocycles. The maximum Gasteiger partial charge on any atom is 0.0897 e. The summed E-state index contributed by atoms with van der Waals surface area (Å²) in [5, 5.41) is 13.3. The minimum Gasteiger partial charge on any atom is -0.389 e. The molecule has 0 radical (unpaired) electrons. The molecule has 3 atom stereocenters. The van der Waals surface area contributed by atoms with Crippen LogP contribution in [0.4, 0.5) is 0 Å². The van der Waals surface area contributed by atoms with E-state index in [1.807, 2.05) is 0 Å². The Morgan fingerprint density at radius 1 is 1.35 bits per heavy atom. The molecule has 4 heteroatoms. The summed E-state index contributed by atoms with van der Waals surface area (Å²) in [7, 11) is 4.15. The Hall–Kier alpha value is -0.160. The summed E-state index contributed by atoms with van der Waals surface area (Å²) >= 11 is 0. The lowest BCUT2D eigenvalue weighted by molar-refractivity contribution is -0.0311. The van der Waals surface area contributed by atoms with E-state index in [1.54, 1.807) is 0 Å². The summed E-state index contributed by atoms with van der Waals surface area (Å²) in [6.45, 7) is 8.57. The molecule has 0 aromatic heterocycles. The van der Waals surface area contributed by atoms with E-state index in [0.717, 1.165) is 25.3 Å². The lowest BCUT2D eigenvalue weighted by atomic mass is 9.89. The summed E-state index contributed by atoms with van der Waals surface area (Å²) in [6.07, 6.45) is 4.82. The largest absolute Gasteiger partial charge is 0.389 e. The van der Waals surface area contributed by atoms with Gasteiger partial charge in [0.2, 0.25) is 0 Å². The highest BCUT2D eigenvalue weighted by Gasteiger charge is 2.22. The molecule has 0 aromatic carbocycles. The molecule has 0 spiro atoms. The number of ether oxygens (including phenoxy) is 1. The van der Waals surface area contributed by atoms with Crippen molar-refractivity contribution in [1.82, 2.24) is 10.2 Å². The van der Waals surface area contributed by atoms with Crippen LogP contribution in [0.2, 0.25) is 0 Å². The van der Waals surface area contributed by atoms with E-state index in [4.69, 9.17) is 4.74 Å². The first-order valence-electron chi connectivity index (χ1n) is 7.99. The molecule has 0 saturated heterocycles. The molecule has 4 nitrogen and oxygen atoms in total. The Balaban J connectivity index is 2.12. The van der Waals surface area contributed by atoms with Crippen LogP contribution in [0.1, 0.15) is 46.5 Å². The zero-order valence-electron chi connectivity index (χ0n) is 14.0. The number of rotatable bonds is 8. The third-order valence-corrected chi connectivity index (χ3v) is 4.56. The lowest BCUT2D eigenvalue weighted by Crippen LogP contribution is -2.48. The second-order valence-electron chi connectivity index (χ2n) is 7.22. The Morgan fingerprint density at radius 2 is 2.05 bits per heavy atom. The highest BCUT2D eigenvalue weighted by Crippen LogP contribution is 2.25. The maximum atomic E-state index is 9.98. The van der Waals surface area contributed by atoms with Gasteiger partial charge in [0.05, 0.1) is 18.8 Å². The third kappa shape index (κ3) is 6.53. The Bertz CT molecular complexity index is 269. The molecule has 0 amide bonds. The van der Waals surface area contributed by atoms with Crippen molar-refractivity contribution in [2.45, 2.75) is 64.2 Å². The molecular weight excluding hydrogens is 252 g/mol.